The second kappa shape index (κ2) is 9.01. The number of benzene rings is 2. The number of aromatic nitrogens is 3. The van der Waals surface area contributed by atoms with Crippen molar-refractivity contribution in [2.45, 2.75) is 20.0 Å². The summed E-state index contributed by atoms with van der Waals surface area (Å²) in [5.41, 5.74) is 8.42. The van der Waals surface area contributed by atoms with Gasteiger partial charge in [0.05, 0.1) is 18.8 Å². The first-order valence-corrected chi connectivity index (χ1v) is 10.9. The molecule has 4 rings (SSSR count). The lowest BCUT2D eigenvalue weighted by molar-refractivity contribution is 0.716. The lowest BCUT2D eigenvalue weighted by Crippen LogP contribution is -2.38. The Balaban J connectivity index is 1.66. The molecule has 0 aliphatic rings. The maximum atomic E-state index is 12.7. The van der Waals surface area contributed by atoms with Crippen molar-refractivity contribution in [1.29, 1.82) is 0 Å². The molecule has 4 aromatic rings. The first kappa shape index (κ1) is 20.6. The molecular weight excluding hydrogens is 410 g/mol. The Bertz CT molecular complexity index is 1280. The zero-order valence-electron chi connectivity index (χ0n) is 17.1. The number of nitrogens with two attached hydrogens (primary N) is 1. The van der Waals surface area contributed by atoms with Crippen molar-refractivity contribution in [2.24, 2.45) is 0 Å². The zero-order valence-corrected chi connectivity index (χ0v) is 17.9. The lowest BCUT2D eigenvalue weighted by atomic mass is 10.2. The van der Waals surface area contributed by atoms with Gasteiger partial charge in [-0.1, -0.05) is 60.7 Å². The SMILES string of the molecule is CCN(Cc1csc(-c2ccccc2)n1)c1c(N)n(Cc2ccccc2)c(=O)[nH]c1=O. The molecule has 2 aromatic heterocycles. The fourth-order valence-electron chi connectivity index (χ4n) is 3.44. The van der Waals surface area contributed by atoms with Gasteiger partial charge in [-0.2, -0.15) is 0 Å². The second-order valence-electron chi connectivity index (χ2n) is 7.09. The molecule has 2 heterocycles. The molecule has 2 aromatic carbocycles. The van der Waals surface area contributed by atoms with Crippen LogP contribution < -0.4 is 21.9 Å². The highest BCUT2D eigenvalue weighted by Crippen LogP contribution is 2.25. The molecule has 0 aliphatic heterocycles. The molecule has 8 heteroatoms. The summed E-state index contributed by atoms with van der Waals surface area (Å²) < 4.78 is 1.39. The number of nitrogens with zero attached hydrogens (tertiary/aromatic N) is 3. The van der Waals surface area contributed by atoms with Gasteiger partial charge in [0.2, 0.25) is 0 Å². The van der Waals surface area contributed by atoms with Crippen molar-refractivity contribution in [1.82, 2.24) is 14.5 Å². The molecule has 0 radical (unpaired) electrons. The van der Waals surface area contributed by atoms with Gasteiger partial charge < -0.3 is 10.6 Å². The molecule has 0 fully saturated rings. The highest BCUT2D eigenvalue weighted by Gasteiger charge is 2.19. The van der Waals surface area contributed by atoms with Crippen LogP contribution in [0.4, 0.5) is 11.5 Å². The molecule has 7 nitrogen and oxygen atoms in total. The number of nitrogen functional groups attached to an aromatic ring is 1. The smallest absolute Gasteiger partial charge is 0.330 e. The van der Waals surface area contributed by atoms with Crippen molar-refractivity contribution >= 4 is 22.8 Å². The Labute approximate surface area is 183 Å². The molecule has 0 bridgehead atoms. The number of rotatable bonds is 7. The van der Waals surface area contributed by atoms with Crippen molar-refractivity contribution in [3.05, 3.63) is 98.1 Å². The van der Waals surface area contributed by atoms with Crippen LogP contribution in [-0.4, -0.2) is 21.1 Å². The number of H-pyrrole nitrogens is 1. The summed E-state index contributed by atoms with van der Waals surface area (Å²) in [4.78, 5) is 34.1. The monoisotopic (exact) mass is 433 g/mol. The van der Waals surface area contributed by atoms with Crippen LogP contribution in [0.5, 0.6) is 0 Å². The topological polar surface area (TPSA) is 97.0 Å². The molecule has 0 spiro atoms. The van der Waals surface area contributed by atoms with Crippen LogP contribution in [0.25, 0.3) is 10.6 Å². The largest absolute Gasteiger partial charge is 0.383 e. The third-order valence-electron chi connectivity index (χ3n) is 5.02. The summed E-state index contributed by atoms with van der Waals surface area (Å²) in [5.74, 6) is 0.151. The average molecular weight is 434 g/mol. The fourth-order valence-corrected chi connectivity index (χ4v) is 4.26. The standard InChI is InChI=1S/C23H23N5O2S/c1-2-27(14-18-15-31-22(25-18)17-11-7-4-8-12-17)19-20(24)28(23(30)26-21(19)29)13-16-9-5-3-6-10-16/h3-12,15H,2,13-14,24H2,1H3,(H,26,29,30). The molecule has 0 saturated carbocycles. The van der Waals surface area contributed by atoms with Crippen molar-refractivity contribution in [2.75, 3.05) is 17.2 Å². The fraction of sp³-hybridized carbons (Fsp3) is 0.174. The number of hydrogen-bond donors (Lipinski definition) is 2. The van der Waals surface area contributed by atoms with E-state index in [0.29, 0.717) is 13.1 Å². The van der Waals surface area contributed by atoms with Gasteiger partial charge in [-0.3, -0.25) is 14.3 Å². The average Bonchev–Trinajstić information content (AvgIpc) is 3.26. The molecule has 0 aliphatic carbocycles. The summed E-state index contributed by atoms with van der Waals surface area (Å²) in [5, 5.41) is 2.90. The van der Waals surface area contributed by atoms with Gasteiger partial charge in [0.1, 0.15) is 16.5 Å². The van der Waals surface area contributed by atoms with Gasteiger partial charge >= 0.3 is 5.69 Å². The molecule has 0 atom stereocenters. The summed E-state index contributed by atoms with van der Waals surface area (Å²) in [6, 6.07) is 19.5. The minimum Gasteiger partial charge on any atom is -0.383 e. The maximum Gasteiger partial charge on any atom is 0.330 e. The van der Waals surface area contributed by atoms with Crippen LogP contribution in [0.15, 0.2) is 75.6 Å². The van der Waals surface area contributed by atoms with E-state index in [1.165, 1.54) is 4.57 Å². The molecular formula is C23H23N5O2S. The third-order valence-corrected chi connectivity index (χ3v) is 5.96. The summed E-state index contributed by atoms with van der Waals surface area (Å²) in [6.45, 7) is 3.17. The van der Waals surface area contributed by atoms with Crippen LogP contribution in [0.3, 0.4) is 0 Å². The normalized spacial score (nSPS) is 10.9. The van der Waals surface area contributed by atoms with Crippen LogP contribution >= 0.6 is 11.3 Å². The third kappa shape index (κ3) is 4.44. The molecule has 31 heavy (non-hydrogen) atoms. The molecule has 0 unspecified atom stereocenters. The van der Waals surface area contributed by atoms with Crippen LogP contribution in [-0.2, 0) is 13.1 Å². The molecule has 0 amide bonds. The number of hydrogen-bond acceptors (Lipinski definition) is 6. The Morgan fingerprint density at radius 3 is 2.42 bits per heavy atom. The lowest BCUT2D eigenvalue weighted by Gasteiger charge is -2.24. The first-order valence-electron chi connectivity index (χ1n) is 9.98. The number of aromatic amines is 1. The van der Waals surface area contributed by atoms with Gasteiger partial charge in [-0.25, -0.2) is 9.78 Å². The van der Waals surface area contributed by atoms with E-state index >= 15 is 0 Å². The summed E-state index contributed by atoms with van der Waals surface area (Å²) in [6.07, 6.45) is 0. The highest BCUT2D eigenvalue weighted by molar-refractivity contribution is 7.13. The number of nitrogens with one attached hydrogen (secondary N) is 1. The van der Waals surface area contributed by atoms with Gasteiger partial charge in [0.15, 0.2) is 0 Å². The zero-order chi connectivity index (χ0) is 21.8. The minimum absolute atomic E-state index is 0.151. The van der Waals surface area contributed by atoms with Crippen molar-refractivity contribution < 1.29 is 0 Å². The van der Waals surface area contributed by atoms with Crippen LogP contribution in [0.2, 0.25) is 0 Å². The second-order valence-corrected chi connectivity index (χ2v) is 7.95. The van der Waals surface area contributed by atoms with Crippen molar-refractivity contribution in [3.8, 4) is 10.6 Å². The maximum absolute atomic E-state index is 12.7. The van der Waals surface area contributed by atoms with Crippen LogP contribution in [0, 0.1) is 0 Å². The van der Waals surface area contributed by atoms with E-state index in [-0.39, 0.29) is 18.1 Å². The number of anilines is 2. The van der Waals surface area contributed by atoms with Crippen molar-refractivity contribution in [3.63, 3.8) is 0 Å². The minimum atomic E-state index is -0.522. The van der Waals surface area contributed by atoms with Gasteiger partial charge in [0.25, 0.3) is 5.56 Å². The van der Waals surface area contributed by atoms with Gasteiger partial charge in [0, 0.05) is 17.5 Å². The highest BCUT2D eigenvalue weighted by atomic mass is 32.1. The van der Waals surface area contributed by atoms with E-state index in [0.717, 1.165) is 21.8 Å². The number of thiazole rings is 1. The Hall–Kier alpha value is -3.65. The summed E-state index contributed by atoms with van der Waals surface area (Å²) in [7, 11) is 0. The van der Waals surface area contributed by atoms with E-state index in [4.69, 9.17) is 10.7 Å². The first-order chi connectivity index (χ1) is 15.1. The quantitative estimate of drug-likeness (QED) is 0.466. The van der Waals surface area contributed by atoms with Gasteiger partial charge in [-0.15, -0.1) is 11.3 Å². The van der Waals surface area contributed by atoms with E-state index in [1.807, 2.05) is 77.9 Å². The predicted octanol–water partition coefficient (Wildman–Crippen LogP) is 3.32. The molecule has 158 valence electrons. The van der Waals surface area contributed by atoms with Crippen LogP contribution in [0.1, 0.15) is 18.2 Å². The van der Waals surface area contributed by atoms with E-state index < -0.39 is 11.2 Å². The Morgan fingerprint density at radius 2 is 1.74 bits per heavy atom. The van der Waals surface area contributed by atoms with E-state index in [1.54, 1.807) is 11.3 Å². The van der Waals surface area contributed by atoms with Gasteiger partial charge in [-0.05, 0) is 12.5 Å². The summed E-state index contributed by atoms with van der Waals surface area (Å²) >= 11 is 1.56. The predicted molar refractivity (Wildman–Crippen MR) is 126 cm³/mol. The molecule has 0 saturated heterocycles. The Morgan fingerprint density at radius 1 is 1.06 bits per heavy atom. The van der Waals surface area contributed by atoms with E-state index in [9.17, 15) is 9.59 Å². The van der Waals surface area contributed by atoms with E-state index in [2.05, 4.69) is 4.98 Å². The molecule has 3 N–H and O–H groups in total. The Kier molecular flexibility index (Phi) is 5.99.